The average molecular weight is 404 g/mol. The van der Waals surface area contributed by atoms with Crippen molar-refractivity contribution in [1.82, 2.24) is 10.9 Å². The lowest BCUT2D eigenvalue weighted by Gasteiger charge is -2.09. The molecule has 0 aliphatic heterocycles. The van der Waals surface area contributed by atoms with Crippen molar-refractivity contribution in [3.63, 3.8) is 0 Å². The largest absolute Gasteiger partial charge is 0.497 e. The van der Waals surface area contributed by atoms with E-state index in [1.54, 1.807) is 7.11 Å². The molecule has 0 bridgehead atoms. The molecule has 6 nitrogen and oxygen atoms in total. The van der Waals surface area contributed by atoms with Gasteiger partial charge in [0.2, 0.25) is 5.91 Å². The highest BCUT2D eigenvalue weighted by Crippen LogP contribution is 2.21. The topological polar surface area (TPSA) is 76.7 Å². The predicted octanol–water partition coefficient (Wildman–Crippen LogP) is 3.52. The van der Waals surface area contributed by atoms with E-state index in [1.165, 1.54) is 0 Å². The first-order chi connectivity index (χ1) is 14.6. The van der Waals surface area contributed by atoms with Gasteiger partial charge in [-0.15, -0.1) is 0 Å². The number of hydrazine groups is 1. The molecule has 0 saturated heterocycles. The van der Waals surface area contributed by atoms with Crippen LogP contribution in [-0.2, 0) is 16.0 Å². The van der Waals surface area contributed by atoms with Crippen molar-refractivity contribution in [3.8, 4) is 22.6 Å². The van der Waals surface area contributed by atoms with Crippen LogP contribution in [0.15, 0.2) is 78.9 Å². The van der Waals surface area contributed by atoms with Crippen LogP contribution in [0.3, 0.4) is 0 Å². The van der Waals surface area contributed by atoms with Gasteiger partial charge in [-0.25, -0.2) is 0 Å². The summed E-state index contributed by atoms with van der Waals surface area (Å²) in [7, 11) is 1.61. The molecular formula is C24H24N2O4. The van der Waals surface area contributed by atoms with Crippen LogP contribution in [-0.4, -0.2) is 25.5 Å². The molecular weight excluding hydrogens is 380 g/mol. The van der Waals surface area contributed by atoms with Gasteiger partial charge >= 0.3 is 0 Å². The molecule has 3 rings (SSSR count). The maximum absolute atomic E-state index is 11.9. The summed E-state index contributed by atoms with van der Waals surface area (Å²) in [5, 5.41) is 0. The summed E-state index contributed by atoms with van der Waals surface area (Å²) in [6, 6.07) is 25.0. The van der Waals surface area contributed by atoms with E-state index in [4.69, 9.17) is 9.47 Å². The van der Waals surface area contributed by atoms with Crippen LogP contribution < -0.4 is 20.3 Å². The summed E-state index contributed by atoms with van der Waals surface area (Å²) in [4.78, 5) is 23.8. The van der Waals surface area contributed by atoms with Gasteiger partial charge in [-0.1, -0.05) is 54.6 Å². The van der Waals surface area contributed by atoms with Crippen LogP contribution in [0.1, 0.15) is 12.0 Å². The van der Waals surface area contributed by atoms with E-state index in [1.807, 2.05) is 78.9 Å². The molecule has 30 heavy (non-hydrogen) atoms. The summed E-state index contributed by atoms with van der Waals surface area (Å²) < 4.78 is 10.6. The molecule has 0 aliphatic carbocycles. The van der Waals surface area contributed by atoms with Crippen LogP contribution in [0.4, 0.5) is 0 Å². The monoisotopic (exact) mass is 404 g/mol. The van der Waals surface area contributed by atoms with Gasteiger partial charge in [-0.3, -0.25) is 20.4 Å². The van der Waals surface area contributed by atoms with Gasteiger partial charge < -0.3 is 9.47 Å². The van der Waals surface area contributed by atoms with Gasteiger partial charge in [0.1, 0.15) is 11.5 Å². The molecule has 2 N–H and O–H groups in total. The summed E-state index contributed by atoms with van der Waals surface area (Å²) >= 11 is 0. The van der Waals surface area contributed by atoms with Crippen LogP contribution in [0, 0.1) is 0 Å². The molecule has 0 radical (unpaired) electrons. The summed E-state index contributed by atoms with van der Waals surface area (Å²) in [5.74, 6) is 0.646. The van der Waals surface area contributed by atoms with Gasteiger partial charge in [0.15, 0.2) is 6.61 Å². The van der Waals surface area contributed by atoms with Crippen molar-refractivity contribution in [2.75, 3.05) is 13.7 Å². The summed E-state index contributed by atoms with van der Waals surface area (Å²) in [6.45, 7) is -0.191. The first kappa shape index (κ1) is 20.9. The van der Waals surface area contributed by atoms with E-state index in [9.17, 15) is 9.59 Å². The Bertz CT molecular complexity index is 955. The fourth-order valence-electron chi connectivity index (χ4n) is 2.81. The SMILES string of the molecule is COc1ccc(CCC(=O)NNC(=O)COc2ccc(-c3ccccc3)cc2)cc1. The van der Waals surface area contributed by atoms with Gasteiger partial charge in [0.05, 0.1) is 7.11 Å². The highest BCUT2D eigenvalue weighted by atomic mass is 16.5. The number of benzene rings is 3. The Morgan fingerprint density at radius 3 is 2.00 bits per heavy atom. The molecule has 3 aromatic carbocycles. The number of ether oxygens (including phenoxy) is 2. The molecule has 6 heteroatoms. The first-order valence-electron chi connectivity index (χ1n) is 9.63. The zero-order valence-corrected chi connectivity index (χ0v) is 16.8. The smallest absolute Gasteiger partial charge is 0.276 e. The summed E-state index contributed by atoms with van der Waals surface area (Å²) in [5.41, 5.74) is 7.95. The second kappa shape index (κ2) is 10.7. The average Bonchev–Trinajstić information content (AvgIpc) is 2.81. The Balaban J connectivity index is 1.36. The molecule has 0 spiro atoms. The van der Waals surface area contributed by atoms with Crippen molar-refractivity contribution in [2.45, 2.75) is 12.8 Å². The van der Waals surface area contributed by atoms with E-state index in [0.717, 1.165) is 22.4 Å². The molecule has 2 amide bonds. The van der Waals surface area contributed by atoms with E-state index < -0.39 is 5.91 Å². The fraction of sp³-hybridized carbons (Fsp3) is 0.167. The minimum atomic E-state index is -0.431. The Morgan fingerprint density at radius 2 is 1.33 bits per heavy atom. The third kappa shape index (κ3) is 6.38. The zero-order valence-electron chi connectivity index (χ0n) is 16.8. The standard InChI is InChI=1S/C24H24N2O4/c1-29-21-12-7-18(8-13-21)9-16-23(27)25-26-24(28)17-30-22-14-10-20(11-15-22)19-5-3-2-4-6-19/h2-8,10-15H,9,16-17H2,1H3,(H,25,27)(H,26,28). The number of nitrogens with one attached hydrogen (secondary N) is 2. The lowest BCUT2D eigenvalue weighted by molar-refractivity contribution is -0.130. The first-order valence-corrected chi connectivity index (χ1v) is 9.63. The van der Waals surface area contributed by atoms with Crippen molar-refractivity contribution in [1.29, 1.82) is 0 Å². The molecule has 0 saturated carbocycles. The fourth-order valence-corrected chi connectivity index (χ4v) is 2.81. The number of carbonyl (C=O) groups is 2. The highest BCUT2D eigenvalue weighted by molar-refractivity contribution is 5.82. The number of aryl methyl sites for hydroxylation is 1. The van der Waals surface area contributed by atoms with Crippen LogP contribution in [0.25, 0.3) is 11.1 Å². The van der Waals surface area contributed by atoms with Crippen LogP contribution >= 0.6 is 0 Å². The minimum Gasteiger partial charge on any atom is -0.497 e. The molecule has 0 aliphatic rings. The Labute approximate surface area is 175 Å². The van der Waals surface area contributed by atoms with Crippen molar-refractivity contribution in [2.24, 2.45) is 0 Å². The van der Waals surface area contributed by atoms with E-state index in [-0.39, 0.29) is 18.9 Å². The molecule has 3 aromatic rings. The van der Waals surface area contributed by atoms with Crippen molar-refractivity contribution < 1.29 is 19.1 Å². The third-order valence-corrected chi connectivity index (χ3v) is 4.47. The number of amides is 2. The molecule has 0 fully saturated rings. The van der Waals surface area contributed by atoms with Crippen LogP contribution in [0.5, 0.6) is 11.5 Å². The summed E-state index contributed by atoms with van der Waals surface area (Å²) in [6.07, 6.45) is 0.824. The molecule has 0 unspecified atom stereocenters. The normalized spacial score (nSPS) is 10.2. The molecule has 0 heterocycles. The van der Waals surface area contributed by atoms with Crippen molar-refractivity contribution >= 4 is 11.8 Å². The van der Waals surface area contributed by atoms with Gasteiger partial charge in [0.25, 0.3) is 5.91 Å². The Hall–Kier alpha value is -3.80. The van der Waals surface area contributed by atoms with Crippen molar-refractivity contribution in [3.05, 3.63) is 84.4 Å². The minimum absolute atomic E-state index is 0.191. The van der Waals surface area contributed by atoms with Gasteiger partial charge in [0, 0.05) is 6.42 Å². The van der Waals surface area contributed by atoms with Gasteiger partial charge in [-0.2, -0.15) is 0 Å². The maximum Gasteiger partial charge on any atom is 0.276 e. The zero-order chi connectivity index (χ0) is 21.2. The maximum atomic E-state index is 11.9. The second-order valence-corrected chi connectivity index (χ2v) is 6.62. The lowest BCUT2D eigenvalue weighted by Crippen LogP contribution is -2.43. The second-order valence-electron chi connectivity index (χ2n) is 6.62. The quantitative estimate of drug-likeness (QED) is 0.563. The number of rotatable bonds is 8. The third-order valence-electron chi connectivity index (χ3n) is 4.47. The number of methoxy groups -OCH3 is 1. The number of hydrogen-bond acceptors (Lipinski definition) is 4. The van der Waals surface area contributed by atoms with Crippen LogP contribution in [0.2, 0.25) is 0 Å². The van der Waals surface area contributed by atoms with E-state index in [0.29, 0.717) is 12.2 Å². The molecule has 0 atom stereocenters. The van der Waals surface area contributed by atoms with Gasteiger partial charge in [-0.05, 0) is 47.4 Å². The van der Waals surface area contributed by atoms with E-state index in [2.05, 4.69) is 10.9 Å². The lowest BCUT2D eigenvalue weighted by atomic mass is 10.1. The number of hydrogen-bond donors (Lipinski definition) is 2. The number of carbonyl (C=O) groups excluding carboxylic acids is 2. The Kier molecular flexibility index (Phi) is 7.44. The molecule has 0 aromatic heterocycles. The molecule has 154 valence electrons. The highest BCUT2D eigenvalue weighted by Gasteiger charge is 2.07. The Morgan fingerprint density at radius 1 is 0.733 bits per heavy atom. The van der Waals surface area contributed by atoms with E-state index >= 15 is 0 Å². The predicted molar refractivity (Wildman–Crippen MR) is 115 cm³/mol.